The SMILES string of the molecule is CC/C=C\C/C=C\C/C=C\C/C=C\CCCCC(=O)OCC(COC(=O)CCCCCCCCCCCCCCCCCCC/C=C\CCCCCCCCCC)OC(=O)CCCCCCCCCCC/C=C\CCCCCCCC. The van der Waals surface area contributed by atoms with Gasteiger partial charge in [-0.25, -0.2) is 0 Å². The molecule has 0 aromatic rings. The number of unbranched alkanes of at least 4 members (excludes halogenated alkanes) is 42. The Balaban J connectivity index is 4.26. The topological polar surface area (TPSA) is 78.9 Å². The molecule has 0 aliphatic heterocycles. The van der Waals surface area contributed by atoms with Gasteiger partial charge >= 0.3 is 17.9 Å². The number of carbonyl (C=O) groups excluding carboxylic acids is 3. The first-order valence-electron chi connectivity index (χ1n) is 35.4. The van der Waals surface area contributed by atoms with Crippen molar-refractivity contribution in [3.05, 3.63) is 72.9 Å². The van der Waals surface area contributed by atoms with E-state index >= 15 is 0 Å². The lowest BCUT2D eigenvalue weighted by Crippen LogP contribution is -2.30. The second-order valence-corrected chi connectivity index (χ2v) is 23.8. The van der Waals surface area contributed by atoms with Crippen molar-refractivity contribution in [2.24, 2.45) is 0 Å². The first-order chi connectivity index (χ1) is 40.0. The van der Waals surface area contributed by atoms with E-state index in [1.54, 1.807) is 0 Å². The van der Waals surface area contributed by atoms with Crippen molar-refractivity contribution < 1.29 is 28.6 Å². The summed E-state index contributed by atoms with van der Waals surface area (Å²) >= 11 is 0. The maximum atomic E-state index is 12.9. The second kappa shape index (κ2) is 69.3. The van der Waals surface area contributed by atoms with Crippen molar-refractivity contribution in [3.63, 3.8) is 0 Å². The van der Waals surface area contributed by atoms with Crippen LogP contribution in [-0.4, -0.2) is 37.2 Å². The molecule has 1 unspecified atom stereocenters. The smallest absolute Gasteiger partial charge is 0.306 e. The molecule has 0 bridgehead atoms. The number of esters is 3. The molecule has 1 atom stereocenters. The van der Waals surface area contributed by atoms with Crippen LogP contribution >= 0.6 is 0 Å². The number of allylic oxidation sites excluding steroid dienone is 12. The van der Waals surface area contributed by atoms with Crippen LogP contribution in [0.25, 0.3) is 0 Å². The standard InChI is InChI=1S/C75H134O6/c1-4-7-10-13-16-19-22-25-28-30-32-33-34-35-36-37-38-39-40-41-43-44-47-50-53-56-59-62-65-68-74(77)80-71-72(70-79-73(76)67-64-61-58-55-52-49-46-27-24-21-18-15-12-9-6-3)81-75(78)69-66-63-60-57-54-51-48-45-42-31-29-26-23-20-17-14-11-8-5-2/h9,12,18,21,26-27,29-30,32,46,52,55,72H,4-8,10-11,13-17,19-20,22-25,28,31,33-45,47-51,53-54,56-71H2,1-3H3/b12-9-,21-18-,29-26-,32-30-,46-27-,55-52-. The van der Waals surface area contributed by atoms with E-state index < -0.39 is 6.10 Å². The molecule has 0 spiro atoms. The molecule has 0 fully saturated rings. The van der Waals surface area contributed by atoms with Crippen LogP contribution in [0.5, 0.6) is 0 Å². The van der Waals surface area contributed by atoms with Crippen molar-refractivity contribution in [3.8, 4) is 0 Å². The summed E-state index contributed by atoms with van der Waals surface area (Å²) in [4.78, 5) is 38.4. The van der Waals surface area contributed by atoms with E-state index in [1.807, 2.05) is 0 Å². The predicted octanol–water partition coefficient (Wildman–Crippen LogP) is 24.4. The Morgan fingerprint density at radius 3 is 0.790 bits per heavy atom. The van der Waals surface area contributed by atoms with Gasteiger partial charge in [-0.15, -0.1) is 0 Å². The van der Waals surface area contributed by atoms with Crippen molar-refractivity contribution in [2.45, 2.75) is 374 Å². The first kappa shape index (κ1) is 77.9. The van der Waals surface area contributed by atoms with Crippen LogP contribution in [-0.2, 0) is 28.6 Å². The van der Waals surface area contributed by atoms with Gasteiger partial charge in [-0.1, -0.05) is 312 Å². The quantitative estimate of drug-likeness (QED) is 0.0261. The average molecular weight is 1130 g/mol. The Kier molecular flexibility index (Phi) is 66.6. The van der Waals surface area contributed by atoms with E-state index in [0.717, 1.165) is 83.5 Å². The maximum absolute atomic E-state index is 12.9. The summed E-state index contributed by atoms with van der Waals surface area (Å²) in [5.74, 6) is -0.912. The summed E-state index contributed by atoms with van der Waals surface area (Å²) in [5, 5.41) is 0. The van der Waals surface area contributed by atoms with Crippen LogP contribution in [0, 0.1) is 0 Å². The van der Waals surface area contributed by atoms with Gasteiger partial charge in [0.1, 0.15) is 13.2 Å². The highest BCUT2D eigenvalue weighted by molar-refractivity contribution is 5.71. The number of rotatable bonds is 65. The molecule has 470 valence electrons. The molecule has 0 saturated carbocycles. The van der Waals surface area contributed by atoms with Gasteiger partial charge in [0.2, 0.25) is 0 Å². The second-order valence-electron chi connectivity index (χ2n) is 23.8. The molecule has 0 rings (SSSR count). The number of ether oxygens (including phenoxy) is 3. The summed E-state index contributed by atoms with van der Waals surface area (Å²) in [6.07, 6.45) is 90.9. The summed E-state index contributed by atoms with van der Waals surface area (Å²) in [6.45, 7) is 6.54. The molecule has 0 saturated heterocycles. The van der Waals surface area contributed by atoms with E-state index in [2.05, 4.69) is 93.7 Å². The zero-order valence-electron chi connectivity index (χ0n) is 54.1. The van der Waals surface area contributed by atoms with Crippen molar-refractivity contribution in [1.29, 1.82) is 0 Å². The van der Waals surface area contributed by atoms with Crippen LogP contribution in [0.1, 0.15) is 367 Å². The maximum Gasteiger partial charge on any atom is 0.306 e. The van der Waals surface area contributed by atoms with E-state index in [4.69, 9.17) is 14.2 Å². The first-order valence-corrected chi connectivity index (χ1v) is 35.4. The van der Waals surface area contributed by atoms with E-state index in [-0.39, 0.29) is 31.1 Å². The number of carbonyl (C=O) groups is 3. The zero-order valence-corrected chi connectivity index (χ0v) is 54.1. The molecule has 0 aliphatic rings. The van der Waals surface area contributed by atoms with Gasteiger partial charge in [0.25, 0.3) is 0 Å². The van der Waals surface area contributed by atoms with Gasteiger partial charge in [-0.2, -0.15) is 0 Å². The van der Waals surface area contributed by atoms with Crippen molar-refractivity contribution in [1.82, 2.24) is 0 Å². The minimum Gasteiger partial charge on any atom is -0.462 e. The van der Waals surface area contributed by atoms with Crippen LogP contribution in [0.2, 0.25) is 0 Å². The molecule has 0 radical (unpaired) electrons. The highest BCUT2D eigenvalue weighted by atomic mass is 16.6. The summed E-state index contributed by atoms with van der Waals surface area (Å²) in [6, 6.07) is 0. The third-order valence-corrected chi connectivity index (χ3v) is 15.7. The van der Waals surface area contributed by atoms with E-state index in [0.29, 0.717) is 19.3 Å². The Hall–Kier alpha value is -3.15. The Bertz CT molecular complexity index is 1490. The van der Waals surface area contributed by atoms with Crippen LogP contribution in [0.15, 0.2) is 72.9 Å². The van der Waals surface area contributed by atoms with Crippen LogP contribution < -0.4 is 0 Å². The van der Waals surface area contributed by atoms with Gasteiger partial charge in [0.05, 0.1) is 0 Å². The number of hydrogen-bond donors (Lipinski definition) is 0. The van der Waals surface area contributed by atoms with Gasteiger partial charge in [0, 0.05) is 19.3 Å². The third-order valence-electron chi connectivity index (χ3n) is 15.7. The van der Waals surface area contributed by atoms with Crippen LogP contribution in [0.4, 0.5) is 0 Å². The van der Waals surface area contributed by atoms with E-state index in [9.17, 15) is 14.4 Å². The molecule has 0 aromatic carbocycles. The zero-order chi connectivity index (χ0) is 58.5. The van der Waals surface area contributed by atoms with Gasteiger partial charge in [-0.3, -0.25) is 14.4 Å². The lowest BCUT2D eigenvalue weighted by molar-refractivity contribution is -0.167. The van der Waals surface area contributed by atoms with Crippen molar-refractivity contribution >= 4 is 17.9 Å². The largest absolute Gasteiger partial charge is 0.462 e. The fraction of sp³-hybridized carbons (Fsp3) is 0.800. The van der Waals surface area contributed by atoms with Gasteiger partial charge in [0.15, 0.2) is 6.10 Å². The van der Waals surface area contributed by atoms with Crippen LogP contribution in [0.3, 0.4) is 0 Å². The summed E-state index contributed by atoms with van der Waals surface area (Å²) in [7, 11) is 0. The summed E-state index contributed by atoms with van der Waals surface area (Å²) < 4.78 is 16.9. The molecule has 6 heteroatoms. The van der Waals surface area contributed by atoms with E-state index in [1.165, 1.54) is 244 Å². The van der Waals surface area contributed by atoms with Gasteiger partial charge < -0.3 is 14.2 Å². The monoisotopic (exact) mass is 1130 g/mol. The Labute approximate surface area is 503 Å². The lowest BCUT2D eigenvalue weighted by Gasteiger charge is -2.18. The minimum atomic E-state index is -0.794. The third kappa shape index (κ3) is 67.5. The molecular weight excluding hydrogens is 997 g/mol. The molecule has 6 nitrogen and oxygen atoms in total. The summed E-state index contributed by atoms with van der Waals surface area (Å²) in [5.41, 5.74) is 0. The minimum absolute atomic E-state index is 0.0864. The molecule has 0 N–H and O–H groups in total. The highest BCUT2D eigenvalue weighted by Gasteiger charge is 2.19. The highest BCUT2D eigenvalue weighted by Crippen LogP contribution is 2.18. The lowest BCUT2D eigenvalue weighted by atomic mass is 10.0. The van der Waals surface area contributed by atoms with Gasteiger partial charge in [-0.05, 0) is 109 Å². The average Bonchev–Trinajstić information content (AvgIpc) is 3.47. The Morgan fingerprint density at radius 1 is 0.259 bits per heavy atom. The molecule has 0 amide bonds. The molecule has 81 heavy (non-hydrogen) atoms. The fourth-order valence-electron chi connectivity index (χ4n) is 10.4. The fourth-order valence-corrected chi connectivity index (χ4v) is 10.4. The molecule has 0 heterocycles. The van der Waals surface area contributed by atoms with Crippen molar-refractivity contribution in [2.75, 3.05) is 13.2 Å². The predicted molar refractivity (Wildman–Crippen MR) is 353 cm³/mol. The molecule has 0 aromatic heterocycles. The molecular formula is C75H134O6. The Morgan fingerprint density at radius 2 is 0.481 bits per heavy atom. The number of hydrogen-bond acceptors (Lipinski definition) is 6. The molecule has 0 aliphatic carbocycles. The normalized spacial score (nSPS) is 12.5.